The number of esters is 1. The summed E-state index contributed by atoms with van der Waals surface area (Å²) in [5.41, 5.74) is 0.433. The van der Waals surface area contributed by atoms with Crippen molar-refractivity contribution in [2.75, 3.05) is 13.2 Å². The third-order valence-electron chi connectivity index (χ3n) is 2.87. The molecule has 1 fully saturated rings. The molecular formula is C15H24O4. The first-order chi connectivity index (χ1) is 9.09. The molecule has 0 radical (unpaired) electrons. The van der Waals surface area contributed by atoms with Crippen molar-refractivity contribution < 1.29 is 19.0 Å². The van der Waals surface area contributed by atoms with Crippen LogP contribution in [0.5, 0.6) is 0 Å². The van der Waals surface area contributed by atoms with E-state index in [2.05, 4.69) is 13.2 Å². The number of ether oxygens (including phenoxy) is 3. The molecule has 19 heavy (non-hydrogen) atoms. The van der Waals surface area contributed by atoms with E-state index in [0.717, 1.165) is 50.9 Å². The molecule has 1 rings (SSSR count). The van der Waals surface area contributed by atoms with Gasteiger partial charge in [0.1, 0.15) is 0 Å². The van der Waals surface area contributed by atoms with Crippen molar-refractivity contribution in [3.63, 3.8) is 0 Å². The minimum Gasteiger partial charge on any atom is -0.470 e. The van der Waals surface area contributed by atoms with Crippen molar-refractivity contribution in [3.8, 4) is 0 Å². The molecule has 108 valence electrons. The molecule has 0 aromatic carbocycles. The van der Waals surface area contributed by atoms with E-state index in [4.69, 9.17) is 14.2 Å². The van der Waals surface area contributed by atoms with E-state index in [9.17, 15) is 4.79 Å². The highest BCUT2D eigenvalue weighted by molar-refractivity contribution is 5.86. The fourth-order valence-electron chi connectivity index (χ4n) is 1.76. The molecule has 0 aromatic rings. The van der Waals surface area contributed by atoms with Gasteiger partial charge in [0.25, 0.3) is 0 Å². The Morgan fingerprint density at radius 1 is 1.32 bits per heavy atom. The van der Waals surface area contributed by atoms with Gasteiger partial charge in [-0.1, -0.05) is 13.2 Å². The SMILES string of the molecule is C=C(CCCCOC(=O)C(=C)C)OC1CCCCO1. The number of hydrogen-bond acceptors (Lipinski definition) is 4. The van der Waals surface area contributed by atoms with Crippen LogP contribution in [0.3, 0.4) is 0 Å². The molecule has 0 aromatic heterocycles. The summed E-state index contributed by atoms with van der Waals surface area (Å²) in [5.74, 6) is 0.420. The van der Waals surface area contributed by atoms with Crippen molar-refractivity contribution in [1.29, 1.82) is 0 Å². The smallest absolute Gasteiger partial charge is 0.333 e. The zero-order chi connectivity index (χ0) is 14.1. The lowest BCUT2D eigenvalue weighted by atomic mass is 10.2. The highest BCUT2D eigenvalue weighted by Gasteiger charge is 2.15. The van der Waals surface area contributed by atoms with E-state index >= 15 is 0 Å². The first-order valence-corrected chi connectivity index (χ1v) is 6.88. The van der Waals surface area contributed by atoms with Crippen LogP contribution >= 0.6 is 0 Å². The summed E-state index contributed by atoms with van der Waals surface area (Å²) in [6.45, 7) is 10.2. The van der Waals surface area contributed by atoms with Gasteiger partial charge in [-0.05, 0) is 32.6 Å². The summed E-state index contributed by atoms with van der Waals surface area (Å²) in [5, 5.41) is 0. The first kappa shape index (κ1) is 15.8. The summed E-state index contributed by atoms with van der Waals surface area (Å²) in [7, 11) is 0. The Morgan fingerprint density at radius 3 is 2.74 bits per heavy atom. The van der Waals surface area contributed by atoms with Gasteiger partial charge in [-0.25, -0.2) is 4.79 Å². The van der Waals surface area contributed by atoms with Gasteiger partial charge in [0.15, 0.2) is 6.29 Å². The number of carbonyl (C=O) groups is 1. The lowest BCUT2D eigenvalue weighted by Crippen LogP contribution is -2.21. The summed E-state index contributed by atoms with van der Waals surface area (Å²) < 4.78 is 16.1. The maximum Gasteiger partial charge on any atom is 0.333 e. The van der Waals surface area contributed by atoms with Gasteiger partial charge in [0, 0.05) is 18.4 Å². The van der Waals surface area contributed by atoms with Crippen molar-refractivity contribution in [3.05, 3.63) is 24.5 Å². The highest BCUT2D eigenvalue weighted by atomic mass is 16.7. The predicted molar refractivity (Wildman–Crippen MR) is 73.4 cm³/mol. The average Bonchev–Trinajstić information content (AvgIpc) is 2.39. The van der Waals surface area contributed by atoms with Crippen LogP contribution in [0.1, 0.15) is 45.4 Å². The quantitative estimate of drug-likeness (QED) is 0.293. The largest absolute Gasteiger partial charge is 0.470 e. The second-order valence-electron chi connectivity index (χ2n) is 4.83. The molecule has 1 aliphatic rings. The minimum atomic E-state index is -0.328. The van der Waals surface area contributed by atoms with E-state index < -0.39 is 0 Å². The van der Waals surface area contributed by atoms with Crippen LogP contribution in [0.2, 0.25) is 0 Å². The summed E-state index contributed by atoms with van der Waals surface area (Å²) in [4.78, 5) is 11.1. The number of unbranched alkanes of at least 4 members (excludes halogenated alkanes) is 1. The maximum atomic E-state index is 11.1. The summed E-state index contributed by atoms with van der Waals surface area (Å²) >= 11 is 0. The van der Waals surface area contributed by atoms with Crippen molar-refractivity contribution >= 4 is 5.97 Å². The Hall–Kier alpha value is -1.29. The van der Waals surface area contributed by atoms with Gasteiger partial charge >= 0.3 is 5.97 Å². The zero-order valence-electron chi connectivity index (χ0n) is 11.8. The molecule has 1 saturated heterocycles. The van der Waals surface area contributed by atoms with E-state index in [1.54, 1.807) is 6.92 Å². The number of carbonyl (C=O) groups excluding carboxylic acids is 1. The summed E-state index contributed by atoms with van der Waals surface area (Å²) in [6.07, 6.45) is 5.53. The molecule has 1 heterocycles. The number of hydrogen-bond donors (Lipinski definition) is 0. The molecule has 1 aliphatic heterocycles. The average molecular weight is 268 g/mol. The van der Waals surface area contributed by atoms with Crippen molar-refractivity contribution in [2.45, 2.75) is 51.7 Å². The Kier molecular flexibility index (Phi) is 7.26. The van der Waals surface area contributed by atoms with Crippen LogP contribution < -0.4 is 0 Å². The van der Waals surface area contributed by atoms with Gasteiger partial charge in [-0.3, -0.25) is 0 Å². The number of rotatable bonds is 8. The van der Waals surface area contributed by atoms with E-state index in [1.165, 1.54) is 0 Å². The second-order valence-corrected chi connectivity index (χ2v) is 4.83. The third-order valence-corrected chi connectivity index (χ3v) is 2.87. The molecule has 0 amide bonds. The number of allylic oxidation sites excluding steroid dienone is 1. The van der Waals surface area contributed by atoms with E-state index in [-0.39, 0.29) is 12.3 Å². The first-order valence-electron chi connectivity index (χ1n) is 6.88. The van der Waals surface area contributed by atoms with Crippen molar-refractivity contribution in [1.82, 2.24) is 0 Å². The van der Waals surface area contributed by atoms with Crippen molar-refractivity contribution in [2.24, 2.45) is 0 Å². The molecule has 1 atom stereocenters. The molecule has 4 heteroatoms. The van der Waals surface area contributed by atoms with Crippen LogP contribution in [-0.2, 0) is 19.0 Å². The molecule has 1 unspecified atom stereocenters. The Morgan fingerprint density at radius 2 is 2.11 bits per heavy atom. The highest BCUT2D eigenvalue weighted by Crippen LogP contribution is 2.18. The monoisotopic (exact) mass is 268 g/mol. The topological polar surface area (TPSA) is 44.8 Å². The summed E-state index contributed by atoms with van der Waals surface area (Å²) in [6, 6.07) is 0. The molecule has 0 saturated carbocycles. The third kappa shape index (κ3) is 7.01. The van der Waals surface area contributed by atoms with Gasteiger partial charge < -0.3 is 14.2 Å². The second kappa shape index (κ2) is 8.75. The Bertz CT molecular complexity index is 316. The van der Waals surface area contributed by atoms with Crippen LogP contribution in [-0.4, -0.2) is 25.5 Å². The fourth-order valence-corrected chi connectivity index (χ4v) is 1.76. The van der Waals surface area contributed by atoms with E-state index in [1.807, 2.05) is 0 Å². The molecule has 0 aliphatic carbocycles. The standard InChI is InChI=1S/C15H24O4/c1-12(2)15(16)18-11-6-4-8-13(3)19-14-9-5-7-10-17-14/h14H,1,3-11H2,2H3. The van der Waals surface area contributed by atoms with Gasteiger partial charge in [0.05, 0.1) is 19.0 Å². The van der Waals surface area contributed by atoms with Gasteiger partial charge in [0.2, 0.25) is 0 Å². The molecule has 4 nitrogen and oxygen atoms in total. The van der Waals surface area contributed by atoms with Gasteiger partial charge in [-0.2, -0.15) is 0 Å². The fraction of sp³-hybridized carbons (Fsp3) is 0.667. The molecule has 0 spiro atoms. The maximum absolute atomic E-state index is 11.1. The Balaban J connectivity index is 2.00. The molecule has 0 bridgehead atoms. The molecule has 0 N–H and O–H groups in total. The lowest BCUT2D eigenvalue weighted by molar-refractivity contribution is -0.140. The van der Waals surface area contributed by atoms with Crippen LogP contribution in [0.25, 0.3) is 0 Å². The van der Waals surface area contributed by atoms with E-state index in [0.29, 0.717) is 12.2 Å². The normalized spacial score (nSPS) is 18.7. The lowest BCUT2D eigenvalue weighted by Gasteiger charge is -2.24. The zero-order valence-corrected chi connectivity index (χ0v) is 11.8. The van der Waals surface area contributed by atoms with Crippen LogP contribution in [0.15, 0.2) is 24.5 Å². The minimum absolute atomic E-state index is 0.123. The van der Waals surface area contributed by atoms with Crippen LogP contribution in [0, 0.1) is 0 Å². The predicted octanol–water partition coefficient (Wildman–Crippen LogP) is 3.33. The Labute approximate surface area is 115 Å². The van der Waals surface area contributed by atoms with Crippen LogP contribution in [0.4, 0.5) is 0 Å². The molecular weight excluding hydrogens is 244 g/mol. The van der Waals surface area contributed by atoms with Gasteiger partial charge in [-0.15, -0.1) is 0 Å².